The Labute approximate surface area is 142 Å². The van der Waals surface area contributed by atoms with Crippen LogP contribution < -0.4 is 10.2 Å². The Morgan fingerprint density at radius 1 is 1.26 bits per heavy atom. The molecule has 2 heterocycles. The van der Waals surface area contributed by atoms with Crippen LogP contribution in [0.1, 0.15) is 28.8 Å². The summed E-state index contributed by atoms with van der Waals surface area (Å²) < 4.78 is 13.5. The van der Waals surface area contributed by atoms with E-state index in [1.165, 1.54) is 31.0 Å². The van der Waals surface area contributed by atoms with Crippen LogP contribution in [0.2, 0.25) is 0 Å². The number of carbonyl (C=O) groups is 1. The van der Waals surface area contributed by atoms with E-state index in [0.717, 1.165) is 24.5 Å². The van der Waals surface area contributed by atoms with Crippen molar-refractivity contribution in [2.75, 3.05) is 18.0 Å². The molecule has 1 aromatic carbocycles. The van der Waals surface area contributed by atoms with Gasteiger partial charge in [0.05, 0.1) is 5.56 Å². The van der Waals surface area contributed by atoms with Crippen molar-refractivity contribution in [2.24, 2.45) is 0 Å². The highest BCUT2D eigenvalue weighted by molar-refractivity contribution is 9.10. The summed E-state index contributed by atoms with van der Waals surface area (Å²) in [6.07, 6.45) is 4.16. The van der Waals surface area contributed by atoms with E-state index in [1.54, 1.807) is 6.20 Å². The van der Waals surface area contributed by atoms with E-state index >= 15 is 0 Å². The lowest BCUT2D eigenvalue weighted by atomic mass is 10.2. The molecule has 2 aromatic rings. The van der Waals surface area contributed by atoms with Gasteiger partial charge in [-0.3, -0.25) is 4.79 Å². The normalized spacial score (nSPS) is 14.1. The molecule has 0 radical (unpaired) electrons. The Hall–Kier alpha value is -1.95. The zero-order valence-electron chi connectivity index (χ0n) is 12.6. The molecule has 0 bridgehead atoms. The quantitative estimate of drug-likeness (QED) is 0.886. The molecule has 1 saturated heterocycles. The van der Waals surface area contributed by atoms with Crippen LogP contribution in [-0.2, 0) is 6.54 Å². The van der Waals surface area contributed by atoms with Crippen LogP contribution in [0.5, 0.6) is 0 Å². The Balaban J connectivity index is 1.65. The smallest absolute Gasteiger partial charge is 0.252 e. The number of nitrogens with one attached hydrogen (secondary N) is 1. The average molecular weight is 378 g/mol. The average Bonchev–Trinajstić information content (AvgIpc) is 3.07. The van der Waals surface area contributed by atoms with Gasteiger partial charge >= 0.3 is 0 Å². The highest BCUT2D eigenvalue weighted by Crippen LogP contribution is 2.20. The number of rotatable bonds is 4. The molecule has 0 saturated carbocycles. The SMILES string of the molecule is O=C(NCc1ccnc(N2CCCC2)c1)c1ccc(F)cc1Br. The van der Waals surface area contributed by atoms with Crippen LogP contribution in [0.4, 0.5) is 10.2 Å². The van der Waals surface area contributed by atoms with E-state index in [0.29, 0.717) is 16.6 Å². The van der Waals surface area contributed by atoms with Crippen LogP contribution in [0.25, 0.3) is 0 Å². The topological polar surface area (TPSA) is 45.2 Å². The minimum atomic E-state index is -0.377. The number of halogens is 2. The van der Waals surface area contributed by atoms with E-state index in [2.05, 4.69) is 31.1 Å². The maximum Gasteiger partial charge on any atom is 0.252 e. The van der Waals surface area contributed by atoms with Gasteiger partial charge in [-0.2, -0.15) is 0 Å². The Morgan fingerprint density at radius 3 is 2.78 bits per heavy atom. The summed E-state index contributed by atoms with van der Waals surface area (Å²) in [5.74, 6) is 0.339. The lowest BCUT2D eigenvalue weighted by Gasteiger charge is -2.17. The first-order valence-corrected chi connectivity index (χ1v) is 8.36. The van der Waals surface area contributed by atoms with Gasteiger partial charge < -0.3 is 10.2 Å². The number of aromatic nitrogens is 1. The molecule has 0 spiro atoms. The van der Waals surface area contributed by atoms with Crippen LogP contribution in [0.15, 0.2) is 41.0 Å². The first-order valence-electron chi connectivity index (χ1n) is 7.56. The molecule has 4 nitrogen and oxygen atoms in total. The molecule has 0 aliphatic carbocycles. The molecule has 1 fully saturated rings. The van der Waals surface area contributed by atoms with E-state index < -0.39 is 0 Å². The molecule has 1 aliphatic rings. The molecule has 0 unspecified atom stereocenters. The van der Waals surface area contributed by atoms with Gasteiger partial charge in [0, 0.05) is 30.3 Å². The number of hydrogen-bond acceptors (Lipinski definition) is 3. The van der Waals surface area contributed by atoms with Gasteiger partial charge in [0.15, 0.2) is 0 Å². The molecule has 0 atom stereocenters. The lowest BCUT2D eigenvalue weighted by molar-refractivity contribution is 0.0950. The van der Waals surface area contributed by atoms with Gasteiger partial charge in [0.25, 0.3) is 5.91 Å². The monoisotopic (exact) mass is 377 g/mol. The maximum atomic E-state index is 13.1. The molecule has 1 aliphatic heterocycles. The number of amides is 1. The fourth-order valence-corrected chi connectivity index (χ4v) is 3.17. The van der Waals surface area contributed by atoms with Gasteiger partial charge in [-0.15, -0.1) is 0 Å². The van der Waals surface area contributed by atoms with Crippen LogP contribution in [-0.4, -0.2) is 24.0 Å². The fraction of sp³-hybridized carbons (Fsp3) is 0.294. The number of pyridine rings is 1. The zero-order valence-corrected chi connectivity index (χ0v) is 14.1. The second-order valence-electron chi connectivity index (χ2n) is 5.52. The summed E-state index contributed by atoms with van der Waals surface area (Å²) in [5, 5.41) is 2.86. The summed E-state index contributed by atoms with van der Waals surface area (Å²) in [5.41, 5.74) is 1.41. The van der Waals surface area contributed by atoms with Crippen molar-refractivity contribution in [1.82, 2.24) is 10.3 Å². The summed E-state index contributed by atoms with van der Waals surface area (Å²) in [6.45, 7) is 2.47. The summed E-state index contributed by atoms with van der Waals surface area (Å²) in [4.78, 5) is 18.8. The van der Waals surface area contributed by atoms with E-state index in [4.69, 9.17) is 0 Å². The van der Waals surface area contributed by atoms with Crippen molar-refractivity contribution in [3.63, 3.8) is 0 Å². The molecular weight excluding hydrogens is 361 g/mol. The van der Waals surface area contributed by atoms with Crippen LogP contribution in [0, 0.1) is 5.82 Å². The molecule has 23 heavy (non-hydrogen) atoms. The molecule has 120 valence electrons. The summed E-state index contributed by atoms with van der Waals surface area (Å²) >= 11 is 3.21. The minimum absolute atomic E-state index is 0.239. The van der Waals surface area contributed by atoms with Crippen molar-refractivity contribution in [2.45, 2.75) is 19.4 Å². The Kier molecular flexibility index (Phi) is 4.91. The van der Waals surface area contributed by atoms with Gasteiger partial charge in [0.1, 0.15) is 11.6 Å². The molecule has 1 aromatic heterocycles. The van der Waals surface area contributed by atoms with Gasteiger partial charge in [-0.25, -0.2) is 9.37 Å². The lowest BCUT2D eigenvalue weighted by Crippen LogP contribution is -2.24. The summed E-state index contributed by atoms with van der Waals surface area (Å²) in [7, 11) is 0. The largest absolute Gasteiger partial charge is 0.357 e. The fourth-order valence-electron chi connectivity index (χ4n) is 2.64. The second kappa shape index (κ2) is 7.08. The van der Waals surface area contributed by atoms with Crippen molar-refractivity contribution in [3.05, 3.63) is 57.9 Å². The standard InChI is InChI=1S/C17H17BrFN3O/c18-15-10-13(19)3-4-14(15)17(23)21-11-12-5-6-20-16(9-12)22-7-1-2-8-22/h3-6,9-10H,1-2,7-8,11H2,(H,21,23). The predicted octanol–water partition coefficient (Wildman–Crippen LogP) is 3.51. The van der Waals surface area contributed by atoms with Crippen molar-refractivity contribution in [1.29, 1.82) is 0 Å². The Bertz CT molecular complexity index is 717. The molecular formula is C17H17BrFN3O. The Morgan fingerprint density at radius 2 is 2.04 bits per heavy atom. The van der Waals surface area contributed by atoms with Gasteiger partial charge in [-0.1, -0.05) is 0 Å². The predicted molar refractivity (Wildman–Crippen MR) is 91.0 cm³/mol. The highest BCUT2D eigenvalue weighted by Gasteiger charge is 2.14. The van der Waals surface area contributed by atoms with Gasteiger partial charge in [0.2, 0.25) is 0 Å². The maximum absolute atomic E-state index is 13.1. The van der Waals surface area contributed by atoms with Crippen LogP contribution in [0.3, 0.4) is 0 Å². The van der Waals surface area contributed by atoms with E-state index in [9.17, 15) is 9.18 Å². The third kappa shape index (κ3) is 3.88. The minimum Gasteiger partial charge on any atom is -0.357 e. The molecule has 3 rings (SSSR count). The third-order valence-electron chi connectivity index (χ3n) is 3.87. The first kappa shape index (κ1) is 15.9. The van der Waals surface area contributed by atoms with Crippen molar-refractivity contribution < 1.29 is 9.18 Å². The first-order chi connectivity index (χ1) is 11.1. The van der Waals surface area contributed by atoms with E-state index in [1.807, 2.05) is 12.1 Å². The number of carbonyl (C=O) groups excluding carboxylic acids is 1. The third-order valence-corrected chi connectivity index (χ3v) is 4.52. The van der Waals surface area contributed by atoms with Crippen LogP contribution >= 0.6 is 15.9 Å². The highest BCUT2D eigenvalue weighted by atomic mass is 79.9. The van der Waals surface area contributed by atoms with Crippen molar-refractivity contribution in [3.8, 4) is 0 Å². The molecule has 6 heteroatoms. The molecule has 1 N–H and O–H groups in total. The number of hydrogen-bond donors (Lipinski definition) is 1. The summed E-state index contributed by atoms with van der Waals surface area (Å²) in [6, 6.07) is 7.92. The van der Waals surface area contributed by atoms with E-state index in [-0.39, 0.29) is 11.7 Å². The second-order valence-corrected chi connectivity index (χ2v) is 6.38. The molecule has 1 amide bonds. The zero-order chi connectivity index (χ0) is 16.2. The van der Waals surface area contributed by atoms with Gasteiger partial charge in [-0.05, 0) is 64.7 Å². The van der Waals surface area contributed by atoms with Crippen molar-refractivity contribution >= 4 is 27.7 Å². The number of anilines is 1. The number of benzene rings is 1. The number of nitrogens with zero attached hydrogens (tertiary/aromatic N) is 2.